The molecular formula is C25H42O4. The van der Waals surface area contributed by atoms with Crippen molar-refractivity contribution in [2.45, 2.75) is 116 Å². The van der Waals surface area contributed by atoms with E-state index >= 15 is 0 Å². The fourth-order valence-corrected chi connectivity index (χ4v) is 3.59. The minimum atomic E-state index is -0.696. The van der Waals surface area contributed by atoms with E-state index in [0.29, 0.717) is 6.61 Å². The van der Waals surface area contributed by atoms with E-state index in [1.807, 2.05) is 25.1 Å². The summed E-state index contributed by atoms with van der Waals surface area (Å²) in [6.07, 6.45) is 14.3. The van der Waals surface area contributed by atoms with Gasteiger partial charge in [0.2, 0.25) is 0 Å². The highest BCUT2D eigenvalue weighted by Gasteiger charge is 2.10. The largest absolute Gasteiger partial charge is 0.481 e. The molecule has 0 saturated carbocycles. The van der Waals surface area contributed by atoms with Crippen LogP contribution >= 0.6 is 0 Å². The van der Waals surface area contributed by atoms with Crippen molar-refractivity contribution in [3.8, 4) is 0 Å². The first-order valence-electron chi connectivity index (χ1n) is 11.7. The Kier molecular flexibility index (Phi) is 15.4. The second-order valence-electron chi connectivity index (χ2n) is 8.17. The number of hydrogen-bond acceptors (Lipinski definition) is 3. The van der Waals surface area contributed by atoms with Gasteiger partial charge in [-0.05, 0) is 37.7 Å². The topological polar surface area (TPSA) is 66.8 Å². The third-order valence-corrected chi connectivity index (χ3v) is 5.53. The molecule has 2 unspecified atom stereocenters. The van der Waals surface area contributed by atoms with Crippen LogP contribution in [0.25, 0.3) is 0 Å². The summed E-state index contributed by atoms with van der Waals surface area (Å²) in [5, 5.41) is 18.3. The lowest BCUT2D eigenvalue weighted by Gasteiger charge is -2.18. The quantitative estimate of drug-likeness (QED) is 0.257. The van der Waals surface area contributed by atoms with Crippen molar-refractivity contribution in [3.05, 3.63) is 35.9 Å². The van der Waals surface area contributed by atoms with Crippen LogP contribution in [0.4, 0.5) is 0 Å². The van der Waals surface area contributed by atoms with Crippen LogP contribution in [-0.2, 0) is 16.1 Å². The van der Waals surface area contributed by atoms with Crippen LogP contribution < -0.4 is 0 Å². The molecule has 0 radical (unpaired) electrons. The van der Waals surface area contributed by atoms with Gasteiger partial charge in [-0.25, -0.2) is 0 Å². The van der Waals surface area contributed by atoms with E-state index < -0.39 is 5.97 Å². The first-order valence-corrected chi connectivity index (χ1v) is 11.7. The van der Waals surface area contributed by atoms with Gasteiger partial charge in [0.25, 0.3) is 0 Å². The average Bonchev–Trinajstić information content (AvgIpc) is 2.73. The van der Waals surface area contributed by atoms with Gasteiger partial charge in [-0.1, -0.05) is 88.6 Å². The molecule has 0 aromatic heterocycles. The number of ether oxygens (including phenoxy) is 1. The molecule has 0 fully saturated rings. The lowest BCUT2D eigenvalue weighted by Crippen LogP contribution is -2.13. The van der Waals surface area contributed by atoms with Crippen LogP contribution in [0.1, 0.15) is 102 Å². The molecule has 0 amide bonds. The number of carbonyl (C=O) groups is 1. The van der Waals surface area contributed by atoms with Crippen molar-refractivity contribution < 1.29 is 19.7 Å². The van der Waals surface area contributed by atoms with Crippen LogP contribution in [0.5, 0.6) is 0 Å². The predicted molar refractivity (Wildman–Crippen MR) is 119 cm³/mol. The summed E-state index contributed by atoms with van der Waals surface area (Å²) in [4.78, 5) is 10.6. The Morgan fingerprint density at radius 3 is 2.00 bits per heavy atom. The smallest absolute Gasteiger partial charge is 0.303 e. The van der Waals surface area contributed by atoms with E-state index in [1.165, 1.54) is 31.2 Å². The number of aliphatic carboxylic acids is 1. The lowest BCUT2D eigenvalue weighted by molar-refractivity contribution is -0.137. The maximum Gasteiger partial charge on any atom is 0.303 e. The molecule has 1 rings (SSSR count). The molecule has 0 spiro atoms. The van der Waals surface area contributed by atoms with Gasteiger partial charge in [-0.15, -0.1) is 0 Å². The highest BCUT2D eigenvalue weighted by Crippen LogP contribution is 2.18. The van der Waals surface area contributed by atoms with Gasteiger partial charge in [0.05, 0.1) is 18.8 Å². The van der Waals surface area contributed by atoms with Gasteiger partial charge >= 0.3 is 5.97 Å². The third kappa shape index (κ3) is 15.2. The molecule has 0 aliphatic rings. The highest BCUT2D eigenvalue weighted by molar-refractivity contribution is 5.66. The number of rotatable bonds is 19. The van der Waals surface area contributed by atoms with Gasteiger partial charge in [0.1, 0.15) is 0 Å². The Hall–Kier alpha value is -1.39. The summed E-state index contributed by atoms with van der Waals surface area (Å²) < 4.78 is 6.22. The minimum absolute atomic E-state index is 0.124. The first-order chi connectivity index (χ1) is 14.1. The van der Waals surface area contributed by atoms with Crippen LogP contribution in [0.15, 0.2) is 30.3 Å². The molecule has 0 aliphatic heterocycles. The van der Waals surface area contributed by atoms with E-state index in [4.69, 9.17) is 9.84 Å². The third-order valence-electron chi connectivity index (χ3n) is 5.53. The van der Waals surface area contributed by atoms with E-state index in [2.05, 4.69) is 12.1 Å². The zero-order chi connectivity index (χ0) is 21.2. The monoisotopic (exact) mass is 406 g/mol. The molecule has 0 heterocycles. The zero-order valence-corrected chi connectivity index (χ0v) is 18.4. The molecule has 2 atom stereocenters. The fourth-order valence-electron chi connectivity index (χ4n) is 3.59. The van der Waals surface area contributed by atoms with Gasteiger partial charge in [-0.2, -0.15) is 0 Å². The number of aliphatic hydroxyl groups excluding tert-OH is 1. The second kappa shape index (κ2) is 17.5. The Morgan fingerprint density at radius 2 is 1.41 bits per heavy atom. The van der Waals surface area contributed by atoms with Gasteiger partial charge in [-0.3, -0.25) is 4.79 Å². The molecule has 29 heavy (non-hydrogen) atoms. The van der Waals surface area contributed by atoms with Crippen molar-refractivity contribution in [1.82, 2.24) is 0 Å². The van der Waals surface area contributed by atoms with Crippen molar-refractivity contribution >= 4 is 5.97 Å². The van der Waals surface area contributed by atoms with E-state index in [0.717, 1.165) is 57.8 Å². The molecule has 0 saturated heterocycles. The molecule has 166 valence electrons. The van der Waals surface area contributed by atoms with Crippen LogP contribution in [0.2, 0.25) is 0 Å². The van der Waals surface area contributed by atoms with Crippen LogP contribution in [0, 0.1) is 0 Å². The number of carboxylic acids is 1. The first kappa shape index (κ1) is 25.6. The summed E-state index contributed by atoms with van der Waals surface area (Å²) >= 11 is 0. The summed E-state index contributed by atoms with van der Waals surface area (Å²) in [6, 6.07) is 10.3. The second-order valence-corrected chi connectivity index (χ2v) is 8.17. The zero-order valence-electron chi connectivity index (χ0n) is 18.4. The minimum Gasteiger partial charge on any atom is -0.481 e. The predicted octanol–water partition coefficient (Wildman–Crippen LogP) is 6.50. The molecule has 2 N–H and O–H groups in total. The molecule has 1 aromatic carbocycles. The van der Waals surface area contributed by atoms with E-state index in [1.54, 1.807) is 0 Å². The maximum atomic E-state index is 10.6. The SMILES string of the molecule is CCC(O)CCCCCCCC(CCCCCCC(=O)O)OCc1ccccc1. The molecule has 4 nitrogen and oxygen atoms in total. The number of aliphatic hydroxyl groups is 1. The lowest BCUT2D eigenvalue weighted by atomic mass is 10.0. The van der Waals surface area contributed by atoms with Gasteiger partial charge in [0.15, 0.2) is 0 Å². The standard InChI is InChI=1S/C25H42O4/c1-2-23(26)17-11-4-3-5-12-18-24(19-13-6-7-14-20-25(27)28)29-21-22-15-9-8-10-16-22/h8-10,15-16,23-24,26H,2-7,11-14,17-21H2,1H3,(H,27,28). The van der Waals surface area contributed by atoms with Crippen molar-refractivity contribution in [1.29, 1.82) is 0 Å². The Bertz CT molecular complexity index is 503. The number of hydrogen-bond donors (Lipinski definition) is 2. The maximum absolute atomic E-state index is 10.6. The summed E-state index contributed by atoms with van der Waals surface area (Å²) in [6.45, 7) is 2.70. The number of carboxylic acid groups (broad SMARTS) is 1. The van der Waals surface area contributed by atoms with Crippen LogP contribution in [0.3, 0.4) is 0 Å². The van der Waals surface area contributed by atoms with Gasteiger partial charge in [0, 0.05) is 6.42 Å². The molecule has 0 bridgehead atoms. The number of unbranched alkanes of at least 4 members (excludes halogenated alkanes) is 7. The van der Waals surface area contributed by atoms with Gasteiger partial charge < -0.3 is 14.9 Å². The molecular weight excluding hydrogens is 364 g/mol. The Labute approximate surface area is 177 Å². The Morgan fingerprint density at radius 1 is 0.862 bits per heavy atom. The molecule has 1 aromatic rings. The van der Waals surface area contributed by atoms with E-state index in [-0.39, 0.29) is 18.6 Å². The molecule has 4 heteroatoms. The summed E-state index contributed by atoms with van der Waals surface area (Å²) in [5.41, 5.74) is 1.22. The van der Waals surface area contributed by atoms with Crippen LogP contribution in [-0.4, -0.2) is 28.4 Å². The van der Waals surface area contributed by atoms with Crippen molar-refractivity contribution in [2.75, 3.05) is 0 Å². The van der Waals surface area contributed by atoms with Crippen molar-refractivity contribution in [3.63, 3.8) is 0 Å². The normalized spacial score (nSPS) is 13.3. The average molecular weight is 407 g/mol. The molecule has 0 aliphatic carbocycles. The fraction of sp³-hybridized carbons (Fsp3) is 0.720. The summed E-state index contributed by atoms with van der Waals surface area (Å²) in [5.74, 6) is -0.696. The number of benzene rings is 1. The summed E-state index contributed by atoms with van der Waals surface area (Å²) in [7, 11) is 0. The van der Waals surface area contributed by atoms with E-state index in [9.17, 15) is 9.90 Å². The Balaban J connectivity index is 2.22. The highest BCUT2D eigenvalue weighted by atomic mass is 16.5. The van der Waals surface area contributed by atoms with Crippen molar-refractivity contribution in [2.24, 2.45) is 0 Å².